The second kappa shape index (κ2) is 8.58. The van der Waals surface area contributed by atoms with Gasteiger partial charge >= 0.3 is 6.18 Å². The minimum atomic E-state index is -4.06. The summed E-state index contributed by atoms with van der Waals surface area (Å²) in [5, 5.41) is 6.14. The molecule has 0 fully saturated rings. The molecule has 0 bridgehead atoms. The van der Waals surface area contributed by atoms with E-state index in [1.807, 2.05) is 0 Å². The van der Waals surface area contributed by atoms with E-state index in [9.17, 15) is 13.2 Å². The van der Waals surface area contributed by atoms with E-state index in [4.69, 9.17) is 17.0 Å². The Balaban J connectivity index is 3.28. The van der Waals surface area contributed by atoms with Crippen molar-refractivity contribution in [3.8, 4) is 0 Å². The van der Waals surface area contributed by atoms with Crippen LogP contribution in [0.2, 0.25) is 0 Å². The summed E-state index contributed by atoms with van der Waals surface area (Å²) in [4.78, 5) is 0. The van der Waals surface area contributed by atoms with Crippen LogP contribution in [0.15, 0.2) is 0 Å². The van der Waals surface area contributed by atoms with Gasteiger partial charge in [-0.05, 0) is 25.1 Å². The van der Waals surface area contributed by atoms with Crippen LogP contribution in [0.5, 0.6) is 0 Å². The van der Waals surface area contributed by atoms with Crippen LogP contribution in [0.25, 0.3) is 0 Å². The standard InChI is InChI=1S/C9H17F3N2OS/c1-15-7-6-14-8(16)13-5-3-2-4-9(10,11)12/h2-7H2,1H3,(H2,13,14,16). The number of rotatable bonds is 7. The van der Waals surface area contributed by atoms with Gasteiger partial charge in [0.1, 0.15) is 0 Å². The fourth-order valence-electron chi connectivity index (χ4n) is 0.981. The van der Waals surface area contributed by atoms with E-state index >= 15 is 0 Å². The van der Waals surface area contributed by atoms with E-state index in [-0.39, 0.29) is 6.42 Å². The predicted octanol–water partition coefficient (Wildman–Crippen LogP) is 1.83. The van der Waals surface area contributed by atoms with Crippen LogP contribution in [0.4, 0.5) is 13.2 Å². The molecule has 0 atom stereocenters. The summed E-state index contributed by atoms with van der Waals surface area (Å²) in [6, 6.07) is 0. The Kier molecular flexibility index (Phi) is 8.28. The molecule has 0 radical (unpaired) electrons. The van der Waals surface area contributed by atoms with Gasteiger partial charge in [0.15, 0.2) is 5.11 Å². The van der Waals surface area contributed by atoms with Gasteiger partial charge in [-0.15, -0.1) is 0 Å². The number of thiocarbonyl (C=S) groups is 1. The predicted molar refractivity (Wildman–Crippen MR) is 60.4 cm³/mol. The molecule has 0 aliphatic rings. The number of ether oxygens (including phenoxy) is 1. The molecule has 0 aromatic rings. The smallest absolute Gasteiger partial charge is 0.383 e. The van der Waals surface area contributed by atoms with Gasteiger partial charge in [-0.25, -0.2) is 0 Å². The van der Waals surface area contributed by atoms with Crippen LogP contribution in [-0.4, -0.2) is 38.1 Å². The van der Waals surface area contributed by atoms with Crippen LogP contribution >= 0.6 is 12.2 Å². The molecule has 0 heterocycles. The van der Waals surface area contributed by atoms with Crippen molar-refractivity contribution >= 4 is 17.3 Å². The van der Waals surface area contributed by atoms with Crippen molar-refractivity contribution in [1.29, 1.82) is 0 Å². The normalized spacial score (nSPS) is 11.2. The van der Waals surface area contributed by atoms with Crippen molar-refractivity contribution in [2.75, 3.05) is 26.8 Å². The number of nitrogens with one attached hydrogen (secondary N) is 2. The van der Waals surface area contributed by atoms with Crippen LogP contribution in [-0.2, 0) is 4.74 Å². The van der Waals surface area contributed by atoms with Gasteiger partial charge in [0.25, 0.3) is 0 Å². The van der Waals surface area contributed by atoms with Crippen molar-refractivity contribution in [2.45, 2.75) is 25.4 Å². The fourth-order valence-corrected chi connectivity index (χ4v) is 1.19. The van der Waals surface area contributed by atoms with Crippen molar-refractivity contribution in [3.63, 3.8) is 0 Å². The first-order chi connectivity index (χ1) is 7.45. The zero-order valence-corrected chi connectivity index (χ0v) is 10.0. The molecule has 0 saturated carbocycles. The first-order valence-corrected chi connectivity index (χ1v) is 5.44. The maximum absolute atomic E-state index is 11.8. The van der Waals surface area contributed by atoms with Crippen molar-refractivity contribution in [2.24, 2.45) is 0 Å². The lowest BCUT2D eigenvalue weighted by molar-refractivity contribution is -0.135. The second-order valence-electron chi connectivity index (χ2n) is 3.25. The third-order valence-corrected chi connectivity index (χ3v) is 2.05. The molecule has 0 aliphatic carbocycles. The lowest BCUT2D eigenvalue weighted by atomic mass is 10.2. The van der Waals surface area contributed by atoms with E-state index in [2.05, 4.69) is 10.6 Å². The molecule has 96 valence electrons. The Morgan fingerprint density at radius 1 is 1.19 bits per heavy atom. The maximum Gasteiger partial charge on any atom is 0.389 e. The number of alkyl halides is 3. The highest BCUT2D eigenvalue weighted by molar-refractivity contribution is 7.80. The van der Waals surface area contributed by atoms with Crippen molar-refractivity contribution in [1.82, 2.24) is 10.6 Å². The average Bonchev–Trinajstić information content (AvgIpc) is 2.16. The van der Waals surface area contributed by atoms with Crippen LogP contribution in [0.1, 0.15) is 19.3 Å². The van der Waals surface area contributed by atoms with Crippen molar-refractivity contribution in [3.05, 3.63) is 0 Å². The first kappa shape index (κ1) is 15.4. The van der Waals surface area contributed by atoms with Gasteiger partial charge in [0, 0.05) is 26.6 Å². The summed E-state index contributed by atoms with van der Waals surface area (Å²) >= 11 is 4.89. The Bertz CT molecular complexity index is 200. The SMILES string of the molecule is COCCNC(=S)NCCCCC(F)(F)F. The minimum absolute atomic E-state index is 0.122. The Morgan fingerprint density at radius 2 is 1.81 bits per heavy atom. The van der Waals surface area contributed by atoms with E-state index in [1.165, 1.54) is 0 Å². The Hall–Kier alpha value is -0.560. The largest absolute Gasteiger partial charge is 0.389 e. The van der Waals surface area contributed by atoms with Gasteiger partial charge in [0.2, 0.25) is 0 Å². The molecule has 0 aromatic carbocycles. The third-order valence-electron chi connectivity index (χ3n) is 1.76. The first-order valence-electron chi connectivity index (χ1n) is 5.03. The van der Waals surface area contributed by atoms with Crippen molar-refractivity contribution < 1.29 is 17.9 Å². The molecule has 0 unspecified atom stereocenters. The molecular formula is C9H17F3N2OS. The molecule has 0 aromatic heterocycles. The molecular weight excluding hydrogens is 241 g/mol. The number of hydrogen-bond acceptors (Lipinski definition) is 2. The average molecular weight is 258 g/mol. The fraction of sp³-hybridized carbons (Fsp3) is 0.889. The highest BCUT2D eigenvalue weighted by atomic mass is 32.1. The van der Waals surface area contributed by atoms with Crippen LogP contribution in [0.3, 0.4) is 0 Å². The molecule has 7 heteroatoms. The summed E-state index contributed by atoms with van der Waals surface area (Å²) in [5.41, 5.74) is 0. The summed E-state index contributed by atoms with van der Waals surface area (Å²) in [6.45, 7) is 1.58. The Labute approximate surface area is 98.7 Å². The third kappa shape index (κ3) is 11.5. The number of hydrogen-bond donors (Lipinski definition) is 2. The van der Waals surface area contributed by atoms with E-state index in [0.717, 1.165) is 0 Å². The van der Waals surface area contributed by atoms with Gasteiger partial charge in [0.05, 0.1) is 6.61 Å². The monoisotopic (exact) mass is 258 g/mol. The van der Waals surface area contributed by atoms with E-state index in [1.54, 1.807) is 7.11 Å². The van der Waals surface area contributed by atoms with Gasteiger partial charge in [-0.3, -0.25) is 0 Å². The molecule has 16 heavy (non-hydrogen) atoms. The highest BCUT2D eigenvalue weighted by Gasteiger charge is 2.25. The molecule has 0 amide bonds. The van der Waals surface area contributed by atoms with Crippen LogP contribution < -0.4 is 10.6 Å². The zero-order chi connectivity index (χ0) is 12.4. The lowest BCUT2D eigenvalue weighted by Gasteiger charge is -2.10. The van der Waals surface area contributed by atoms with Gasteiger partial charge < -0.3 is 15.4 Å². The number of unbranched alkanes of at least 4 members (excludes halogenated alkanes) is 1. The topological polar surface area (TPSA) is 33.3 Å². The summed E-state index contributed by atoms with van der Waals surface area (Å²) in [5.74, 6) is 0. The van der Waals surface area contributed by atoms with E-state index in [0.29, 0.717) is 31.2 Å². The summed E-state index contributed by atoms with van der Waals surface area (Å²) in [6.07, 6.45) is -4.22. The number of halogens is 3. The minimum Gasteiger partial charge on any atom is -0.383 e. The van der Waals surface area contributed by atoms with Crippen LogP contribution in [0, 0.1) is 0 Å². The zero-order valence-electron chi connectivity index (χ0n) is 9.19. The molecule has 2 N–H and O–H groups in total. The maximum atomic E-state index is 11.8. The Morgan fingerprint density at radius 3 is 2.38 bits per heavy atom. The van der Waals surface area contributed by atoms with Gasteiger partial charge in [-0.2, -0.15) is 13.2 Å². The molecule has 3 nitrogen and oxygen atoms in total. The summed E-state index contributed by atoms with van der Waals surface area (Å²) < 4.78 is 40.1. The quantitative estimate of drug-likeness (QED) is 0.539. The molecule has 0 aliphatic heterocycles. The molecule has 0 spiro atoms. The van der Waals surface area contributed by atoms with Gasteiger partial charge in [-0.1, -0.05) is 0 Å². The van der Waals surface area contributed by atoms with E-state index < -0.39 is 12.6 Å². The molecule has 0 saturated heterocycles. The number of methoxy groups -OCH3 is 1. The summed E-state index contributed by atoms with van der Waals surface area (Å²) in [7, 11) is 1.58. The lowest BCUT2D eigenvalue weighted by Crippen LogP contribution is -2.37. The second-order valence-corrected chi connectivity index (χ2v) is 3.66. The molecule has 0 rings (SSSR count). The highest BCUT2D eigenvalue weighted by Crippen LogP contribution is 2.21.